The Morgan fingerprint density at radius 2 is 1.60 bits per heavy atom. The second kappa shape index (κ2) is 8.50. The largest absolute Gasteiger partial charge is 0.489 e. The van der Waals surface area contributed by atoms with Gasteiger partial charge in [0.1, 0.15) is 12.4 Å². The van der Waals surface area contributed by atoms with Crippen LogP contribution in [0.15, 0.2) is 83.9 Å². The molecule has 0 aliphatic heterocycles. The Morgan fingerprint density at radius 3 is 2.28 bits per heavy atom. The van der Waals surface area contributed by atoms with E-state index in [1.165, 1.54) is 0 Å². The van der Waals surface area contributed by atoms with Gasteiger partial charge in [0.25, 0.3) is 0 Å². The Morgan fingerprint density at radius 1 is 0.920 bits per heavy atom. The summed E-state index contributed by atoms with van der Waals surface area (Å²) >= 11 is 5.92. The van der Waals surface area contributed by atoms with Crippen LogP contribution >= 0.6 is 11.6 Å². The van der Waals surface area contributed by atoms with Crippen LogP contribution in [0.3, 0.4) is 0 Å². The highest BCUT2D eigenvalue weighted by Gasteiger charge is 2.02. The molecule has 0 N–H and O–H groups in total. The minimum Gasteiger partial charge on any atom is -0.489 e. The van der Waals surface area contributed by atoms with Crippen LogP contribution in [-0.2, 0) is 6.61 Å². The van der Waals surface area contributed by atoms with E-state index in [1.807, 2.05) is 72.9 Å². The SMILES string of the molecule is CC(/N=C\c1ccc(OCc2ccccc2)cc1)c1ccc(Cl)cc1. The molecule has 0 aliphatic rings. The Kier molecular flexibility index (Phi) is 5.86. The predicted octanol–water partition coefficient (Wildman–Crippen LogP) is 6.10. The van der Waals surface area contributed by atoms with Crippen molar-refractivity contribution in [3.8, 4) is 5.75 Å². The maximum absolute atomic E-state index is 5.92. The van der Waals surface area contributed by atoms with Crippen LogP contribution in [0.1, 0.15) is 29.7 Å². The molecule has 0 saturated heterocycles. The zero-order valence-electron chi connectivity index (χ0n) is 14.1. The van der Waals surface area contributed by atoms with Crippen molar-refractivity contribution in [3.05, 3.63) is 101 Å². The molecule has 3 aromatic carbocycles. The third kappa shape index (κ3) is 5.20. The minimum absolute atomic E-state index is 0.0891. The topological polar surface area (TPSA) is 21.6 Å². The Labute approximate surface area is 153 Å². The van der Waals surface area contributed by atoms with Crippen LogP contribution < -0.4 is 4.74 Å². The molecule has 0 bridgehead atoms. The van der Waals surface area contributed by atoms with Gasteiger partial charge in [-0.1, -0.05) is 54.1 Å². The van der Waals surface area contributed by atoms with Gasteiger partial charge in [-0.3, -0.25) is 4.99 Å². The molecule has 3 heteroatoms. The van der Waals surface area contributed by atoms with E-state index >= 15 is 0 Å². The lowest BCUT2D eigenvalue weighted by Crippen LogP contribution is -1.95. The molecule has 0 fully saturated rings. The second-order valence-electron chi connectivity index (χ2n) is 5.85. The summed E-state index contributed by atoms with van der Waals surface area (Å²) in [5, 5.41) is 0.742. The first kappa shape index (κ1) is 17.2. The third-order valence-electron chi connectivity index (χ3n) is 3.93. The van der Waals surface area contributed by atoms with E-state index in [4.69, 9.17) is 16.3 Å². The average molecular weight is 350 g/mol. The van der Waals surface area contributed by atoms with Crippen LogP contribution in [0.2, 0.25) is 5.02 Å². The molecule has 3 rings (SSSR count). The number of rotatable bonds is 6. The smallest absolute Gasteiger partial charge is 0.119 e. The molecule has 126 valence electrons. The molecule has 0 aliphatic carbocycles. The van der Waals surface area contributed by atoms with Gasteiger partial charge in [0.2, 0.25) is 0 Å². The molecule has 0 heterocycles. The molecule has 1 atom stereocenters. The Balaban J connectivity index is 1.57. The predicted molar refractivity (Wildman–Crippen MR) is 105 cm³/mol. The first-order chi connectivity index (χ1) is 12.2. The van der Waals surface area contributed by atoms with Crippen molar-refractivity contribution in [2.45, 2.75) is 19.6 Å². The molecule has 0 amide bonds. The summed E-state index contributed by atoms with van der Waals surface area (Å²) in [6, 6.07) is 26.0. The monoisotopic (exact) mass is 349 g/mol. The summed E-state index contributed by atoms with van der Waals surface area (Å²) in [6.07, 6.45) is 1.89. The fraction of sp³-hybridized carbons (Fsp3) is 0.136. The van der Waals surface area contributed by atoms with Crippen molar-refractivity contribution >= 4 is 17.8 Å². The van der Waals surface area contributed by atoms with Gasteiger partial charge in [-0.15, -0.1) is 0 Å². The quantitative estimate of drug-likeness (QED) is 0.493. The number of hydrogen-bond donors (Lipinski definition) is 0. The van der Waals surface area contributed by atoms with E-state index in [0.717, 1.165) is 27.5 Å². The lowest BCUT2D eigenvalue weighted by atomic mass is 10.1. The second-order valence-corrected chi connectivity index (χ2v) is 6.29. The van der Waals surface area contributed by atoms with E-state index in [0.29, 0.717) is 6.61 Å². The Bertz CT molecular complexity index is 811. The molecule has 0 aromatic heterocycles. The number of benzene rings is 3. The van der Waals surface area contributed by atoms with Crippen molar-refractivity contribution < 1.29 is 4.74 Å². The third-order valence-corrected chi connectivity index (χ3v) is 4.18. The van der Waals surface area contributed by atoms with Gasteiger partial charge in [0.05, 0.1) is 6.04 Å². The number of ether oxygens (including phenoxy) is 1. The normalized spacial score (nSPS) is 12.2. The van der Waals surface area contributed by atoms with Crippen LogP contribution in [0.25, 0.3) is 0 Å². The fourth-order valence-electron chi connectivity index (χ4n) is 2.42. The van der Waals surface area contributed by atoms with E-state index < -0.39 is 0 Å². The lowest BCUT2D eigenvalue weighted by molar-refractivity contribution is 0.306. The van der Waals surface area contributed by atoms with Crippen molar-refractivity contribution in [1.82, 2.24) is 0 Å². The lowest BCUT2D eigenvalue weighted by Gasteiger charge is -2.07. The standard InChI is InChI=1S/C22H20ClNO/c1-17(20-9-11-21(23)12-10-20)24-15-18-7-13-22(14-8-18)25-16-19-5-3-2-4-6-19/h2-15,17H,16H2,1H3/b24-15-. The molecular formula is C22H20ClNO. The van der Waals surface area contributed by atoms with Crippen molar-refractivity contribution in [1.29, 1.82) is 0 Å². The van der Waals surface area contributed by atoms with Crippen LogP contribution in [0, 0.1) is 0 Å². The summed E-state index contributed by atoms with van der Waals surface area (Å²) in [5.74, 6) is 0.853. The molecule has 25 heavy (non-hydrogen) atoms. The van der Waals surface area contributed by atoms with E-state index in [9.17, 15) is 0 Å². The summed E-state index contributed by atoms with van der Waals surface area (Å²) in [4.78, 5) is 4.61. The minimum atomic E-state index is 0.0891. The number of aliphatic imine (C=N–C) groups is 1. The van der Waals surface area contributed by atoms with Gasteiger partial charge in [0.15, 0.2) is 0 Å². The zero-order valence-corrected chi connectivity index (χ0v) is 14.9. The van der Waals surface area contributed by atoms with Crippen molar-refractivity contribution in [2.75, 3.05) is 0 Å². The van der Waals surface area contributed by atoms with Gasteiger partial charge >= 0.3 is 0 Å². The number of hydrogen-bond acceptors (Lipinski definition) is 2. The summed E-state index contributed by atoms with van der Waals surface area (Å²) < 4.78 is 5.80. The molecule has 0 radical (unpaired) electrons. The van der Waals surface area contributed by atoms with Crippen LogP contribution in [0.4, 0.5) is 0 Å². The molecular weight excluding hydrogens is 330 g/mol. The van der Waals surface area contributed by atoms with Crippen molar-refractivity contribution in [3.63, 3.8) is 0 Å². The van der Waals surface area contributed by atoms with Gasteiger partial charge < -0.3 is 4.74 Å². The van der Waals surface area contributed by atoms with Crippen molar-refractivity contribution in [2.24, 2.45) is 4.99 Å². The summed E-state index contributed by atoms with van der Waals surface area (Å²) in [5.41, 5.74) is 3.35. The zero-order chi connectivity index (χ0) is 17.5. The first-order valence-corrected chi connectivity index (χ1v) is 8.64. The van der Waals surface area contributed by atoms with Crippen LogP contribution in [0.5, 0.6) is 5.75 Å². The Hall–Kier alpha value is -2.58. The molecule has 0 saturated carbocycles. The van der Waals surface area contributed by atoms with E-state index in [1.54, 1.807) is 0 Å². The molecule has 0 spiro atoms. The van der Waals surface area contributed by atoms with Gasteiger partial charge in [-0.05, 0) is 60.0 Å². The highest BCUT2D eigenvalue weighted by Crippen LogP contribution is 2.19. The van der Waals surface area contributed by atoms with Crippen LogP contribution in [-0.4, -0.2) is 6.21 Å². The summed E-state index contributed by atoms with van der Waals surface area (Å²) in [7, 11) is 0. The highest BCUT2D eigenvalue weighted by molar-refractivity contribution is 6.30. The number of halogens is 1. The molecule has 3 aromatic rings. The summed E-state index contributed by atoms with van der Waals surface area (Å²) in [6.45, 7) is 2.64. The van der Waals surface area contributed by atoms with E-state index in [-0.39, 0.29) is 6.04 Å². The maximum Gasteiger partial charge on any atom is 0.119 e. The highest BCUT2D eigenvalue weighted by atomic mass is 35.5. The maximum atomic E-state index is 5.92. The first-order valence-electron chi connectivity index (χ1n) is 8.26. The molecule has 2 nitrogen and oxygen atoms in total. The van der Waals surface area contributed by atoms with Gasteiger partial charge in [0, 0.05) is 11.2 Å². The van der Waals surface area contributed by atoms with Gasteiger partial charge in [-0.25, -0.2) is 0 Å². The fourth-order valence-corrected chi connectivity index (χ4v) is 2.54. The molecule has 1 unspecified atom stereocenters. The number of nitrogens with zero attached hydrogens (tertiary/aromatic N) is 1. The average Bonchev–Trinajstić information content (AvgIpc) is 2.67. The van der Waals surface area contributed by atoms with Gasteiger partial charge in [-0.2, -0.15) is 0 Å². The van der Waals surface area contributed by atoms with E-state index in [2.05, 4.69) is 24.0 Å².